The van der Waals surface area contributed by atoms with E-state index in [1.807, 2.05) is 6.92 Å². The third kappa shape index (κ3) is 1.50. The highest BCUT2D eigenvalue weighted by molar-refractivity contribution is 5.55. The first-order valence-electron chi connectivity index (χ1n) is 4.63. The van der Waals surface area contributed by atoms with Gasteiger partial charge in [-0.15, -0.1) is 0 Å². The van der Waals surface area contributed by atoms with Gasteiger partial charge in [-0.3, -0.25) is 0 Å². The average molecular weight is 194 g/mol. The molecule has 0 bridgehead atoms. The van der Waals surface area contributed by atoms with Crippen molar-refractivity contribution in [2.45, 2.75) is 25.3 Å². The maximum absolute atomic E-state index is 9.14. The largest absolute Gasteiger partial charge is 0.394 e. The predicted molar refractivity (Wildman–Crippen MR) is 53.9 cm³/mol. The summed E-state index contributed by atoms with van der Waals surface area (Å²) in [7, 11) is 0. The molecule has 5 heteroatoms. The standard InChI is InChI=1S/C9H14N4O/c1-6-7(10)11-5-12-8(6)13-9(4-14)2-3-9/h5,14H,2-4H2,1H3,(H3,10,11,12,13). The summed E-state index contributed by atoms with van der Waals surface area (Å²) in [5, 5.41) is 12.3. The van der Waals surface area contributed by atoms with Crippen LogP contribution in [0.4, 0.5) is 11.6 Å². The molecule has 0 saturated heterocycles. The fourth-order valence-corrected chi connectivity index (χ4v) is 1.31. The van der Waals surface area contributed by atoms with Gasteiger partial charge in [0.15, 0.2) is 0 Å². The number of nitrogens with one attached hydrogen (secondary N) is 1. The fraction of sp³-hybridized carbons (Fsp3) is 0.556. The Kier molecular flexibility index (Phi) is 2.03. The molecule has 0 aromatic carbocycles. The zero-order chi connectivity index (χ0) is 10.2. The lowest BCUT2D eigenvalue weighted by Gasteiger charge is -2.16. The van der Waals surface area contributed by atoms with E-state index in [-0.39, 0.29) is 12.1 Å². The maximum Gasteiger partial charge on any atom is 0.134 e. The van der Waals surface area contributed by atoms with E-state index in [9.17, 15) is 0 Å². The molecule has 0 aliphatic heterocycles. The van der Waals surface area contributed by atoms with Gasteiger partial charge in [0.1, 0.15) is 18.0 Å². The Hall–Kier alpha value is -1.36. The minimum Gasteiger partial charge on any atom is -0.394 e. The summed E-state index contributed by atoms with van der Waals surface area (Å²) in [5.74, 6) is 1.21. The van der Waals surface area contributed by atoms with Crippen LogP contribution < -0.4 is 11.1 Å². The summed E-state index contributed by atoms with van der Waals surface area (Å²) in [4.78, 5) is 7.98. The van der Waals surface area contributed by atoms with Crippen molar-refractivity contribution < 1.29 is 5.11 Å². The van der Waals surface area contributed by atoms with Gasteiger partial charge in [0, 0.05) is 5.56 Å². The quantitative estimate of drug-likeness (QED) is 0.644. The smallest absolute Gasteiger partial charge is 0.134 e. The van der Waals surface area contributed by atoms with Gasteiger partial charge >= 0.3 is 0 Å². The van der Waals surface area contributed by atoms with Crippen LogP contribution in [0, 0.1) is 6.92 Å². The number of anilines is 2. The third-order valence-electron chi connectivity index (χ3n) is 2.66. The lowest BCUT2D eigenvalue weighted by Crippen LogP contribution is -2.26. The average Bonchev–Trinajstić information content (AvgIpc) is 2.94. The van der Waals surface area contributed by atoms with Crippen LogP contribution in [0.1, 0.15) is 18.4 Å². The Balaban J connectivity index is 2.21. The highest BCUT2D eigenvalue weighted by Gasteiger charge is 2.42. The van der Waals surface area contributed by atoms with E-state index < -0.39 is 0 Å². The van der Waals surface area contributed by atoms with Gasteiger partial charge in [0.2, 0.25) is 0 Å². The van der Waals surface area contributed by atoms with Crippen molar-refractivity contribution in [1.82, 2.24) is 9.97 Å². The second-order valence-corrected chi connectivity index (χ2v) is 3.80. The molecule has 1 aromatic heterocycles. The van der Waals surface area contributed by atoms with Crippen molar-refractivity contribution in [2.75, 3.05) is 17.7 Å². The van der Waals surface area contributed by atoms with Crippen molar-refractivity contribution in [3.8, 4) is 0 Å². The Bertz CT molecular complexity index is 349. The van der Waals surface area contributed by atoms with Crippen LogP contribution in [0.2, 0.25) is 0 Å². The molecule has 5 nitrogen and oxygen atoms in total. The normalized spacial score (nSPS) is 17.9. The Morgan fingerprint density at radius 1 is 1.57 bits per heavy atom. The second kappa shape index (κ2) is 3.09. The van der Waals surface area contributed by atoms with E-state index in [2.05, 4.69) is 15.3 Å². The van der Waals surface area contributed by atoms with Gasteiger partial charge in [0.05, 0.1) is 12.1 Å². The van der Waals surface area contributed by atoms with E-state index >= 15 is 0 Å². The van der Waals surface area contributed by atoms with Crippen LogP contribution in [-0.4, -0.2) is 27.2 Å². The first-order valence-corrected chi connectivity index (χ1v) is 4.63. The number of hydrogen-bond donors (Lipinski definition) is 3. The number of aromatic nitrogens is 2. The molecular formula is C9H14N4O. The first-order chi connectivity index (χ1) is 6.67. The zero-order valence-electron chi connectivity index (χ0n) is 8.12. The van der Waals surface area contributed by atoms with Crippen molar-refractivity contribution in [1.29, 1.82) is 0 Å². The molecular weight excluding hydrogens is 180 g/mol. The molecule has 1 heterocycles. The molecule has 0 unspecified atom stereocenters. The van der Waals surface area contributed by atoms with Gasteiger partial charge in [-0.25, -0.2) is 9.97 Å². The summed E-state index contributed by atoms with van der Waals surface area (Å²) in [6, 6.07) is 0. The number of nitrogen functional groups attached to an aromatic ring is 1. The van der Waals surface area contributed by atoms with Crippen molar-refractivity contribution in [3.05, 3.63) is 11.9 Å². The lowest BCUT2D eigenvalue weighted by atomic mass is 10.2. The topological polar surface area (TPSA) is 84.1 Å². The molecule has 2 rings (SSSR count). The Morgan fingerprint density at radius 2 is 2.29 bits per heavy atom. The molecule has 76 valence electrons. The van der Waals surface area contributed by atoms with Crippen LogP contribution in [0.15, 0.2) is 6.33 Å². The maximum atomic E-state index is 9.14. The zero-order valence-corrected chi connectivity index (χ0v) is 8.12. The number of nitrogens with two attached hydrogens (primary N) is 1. The highest BCUT2D eigenvalue weighted by Crippen LogP contribution is 2.38. The molecule has 0 spiro atoms. The molecule has 1 aliphatic carbocycles. The van der Waals surface area contributed by atoms with Crippen LogP contribution in [0.3, 0.4) is 0 Å². The Morgan fingerprint density at radius 3 is 2.86 bits per heavy atom. The summed E-state index contributed by atoms with van der Waals surface area (Å²) < 4.78 is 0. The second-order valence-electron chi connectivity index (χ2n) is 3.80. The molecule has 0 radical (unpaired) electrons. The van der Waals surface area contributed by atoms with Crippen LogP contribution in [0.25, 0.3) is 0 Å². The molecule has 1 fully saturated rings. The summed E-state index contributed by atoms with van der Waals surface area (Å²) in [6.07, 6.45) is 3.39. The number of aliphatic hydroxyl groups is 1. The molecule has 1 saturated carbocycles. The van der Waals surface area contributed by atoms with Gasteiger partial charge < -0.3 is 16.2 Å². The number of nitrogens with zero attached hydrogens (tertiary/aromatic N) is 2. The van der Waals surface area contributed by atoms with E-state index in [1.165, 1.54) is 6.33 Å². The van der Waals surface area contributed by atoms with E-state index in [0.29, 0.717) is 5.82 Å². The minimum atomic E-state index is -0.161. The predicted octanol–water partition coefficient (Wildman–Crippen LogP) is 0.304. The van der Waals surface area contributed by atoms with Gasteiger partial charge in [-0.05, 0) is 19.8 Å². The fourth-order valence-electron chi connectivity index (χ4n) is 1.31. The van der Waals surface area contributed by atoms with Gasteiger partial charge in [-0.1, -0.05) is 0 Å². The van der Waals surface area contributed by atoms with Gasteiger partial charge in [-0.2, -0.15) is 0 Å². The van der Waals surface area contributed by atoms with E-state index in [0.717, 1.165) is 24.2 Å². The molecule has 1 aromatic rings. The first kappa shape index (κ1) is 9.21. The van der Waals surface area contributed by atoms with Crippen LogP contribution >= 0.6 is 0 Å². The molecule has 14 heavy (non-hydrogen) atoms. The SMILES string of the molecule is Cc1c(N)ncnc1NC1(CO)CC1. The van der Waals surface area contributed by atoms with Crippen LogP contribution in [0.5, 0.6) is 0 Å². The minimum absolute atomic E-state index is 0.135. The summed E-state index contributed by atoms with van der Waals surface area (Å²) >= 11 is 0. The van der Waals surface area contributed by atoms with Crippen LogP contribution in [-0.2, 0) is 0 Å². The molecule has 1 aliphatic rings. The lowest BCUT2D eigenvalue weighted by molar-refractivity contribution is 0.266. The number of hydrogen-bond acceptors (Lipinski definition) is 5. The van der Waals surface area contributed by atoms with Crippen molar-refractivity contribution in [3.63, 3.8) is 0 Å². The summed E-state index contributed by atoms with van der Waals surface area (Å²) in [6.45, 7) is 2.00. The molecule has 4 N–H and O–H groups in total. The highest BCUT2D eigenvalue weighted by atomic mass is 16.3. The number of aliphatic hydroxyl groups excluding tert-OH is 1. The van der Waals surface area contributed by atoms with E-state index in [1.54, 1.807) is 0 Å². The third-order valence-corrected chi connectivity index (χ3v) is 2.66. The summed E-state index contributed by atoms with van der Waals surface area (Å²) in [5.41, 5.74) is 6.33. The van der Waals surface area contributed by atoms with E-state index in [4.69, 9.17) is 10.8 Å². The number of rotatable bonds is 3. The van der Waals surface area contributed by atoms with Crippen molar-refractivity contribution in [2.24, 2.45) is 0 Å². The monoisotopic (exact) mass is 194 g/mol. The van der Waals surface area contributed by atoms with Crippen molar-refractivity contribution >= 4 is 11.6 Å². The Labute approximate surface area is 82.4 Å². The van der Waals surface area contributed by atoms with Gasteiger partial charge in [0.25, 0.3) is 0 Å². The molecule has 0 amide bonds. The molecule has 0 atom stereocenters.